The van der Waals surface area contributed by atoms with Gasteiger partial charge in [0.1, 0.15) is 0 Å². The zero-order valence-corrected chi connectivity index (χ0v) is 14.6. The number of carbonyl (C=O) groups excluding carboxylic acids is 2. The number of benzene rings is 1. The number of nitrogens with zero attached hydrogens (tertiary/aromatic N) is 2. The number of carbonyl (C=O) groups is 2. The standard InChI is InChI=1S/C16H18BrF3N2O2/c17-13-4-1-3-12(11-13)5-6-14(23)21-7-2-8-22(10-9-21)15(24)16(18,19)20/h1,3-4,11H,2,5-10H2. The Hall–Kier alpha value is -1.57. The third kappa shape index (κ3) is 5.22. The molecule has 8 heteroatoms. The molecule has 1 aliphatic heterocycles. The molecule has 0 aromatic heterocycles. The second kappa shape index (κ2) is 8.00. The maximum atomic E-state index is 12.5. The third-order valence-electron chi connectivity index (χ3n) is 3.89. The molecule has 0 bridgehead atoms. The van der Waals surface area contributed by atoms with Gasteiger partial charge in [-0.15, -0.1) is 0 Å². The molecule has 2 amide bonds. The fraction of sp³-hybridized carbons (Fsp3) is 0.500. The largest absolute Gasteiger partial charge is 0.471 e. The van der Waals surface area contributed by atoms with Crippen molar-refractivity contribution in [3.63, 3.8) is 0 Å². The zero-order valence-electron chi connectivity index (χ0n) is 13.0. The van der Waals surface area contributed by atoms with Crippen LogP contribution in [0.2, 0.25) is 0 Å². The zero-order chi connectivity index (χ0) is 17.7. The van der Waals surface area contributed by atoms with E-state index < -0.39 is 12.1 Å². The van der Waals surface area contributed by atoms with Gasteiger partial charge in [0.2, 0.25) is 5.91 Å². The van der Waals surface area contributed by atoms with Gasteiger partial charge in [-0.1, -0.05) is 28.1 Å². The molecule has 1 saturated heterocycles. The quantitative estimate of drug-likeness (QED) is 0.773. The summed E-state index contributed by atoms with van der Waals surface area (Å²) >= 11 is 3.37. The van der Waals surface area contributed by atoms with Crippen LogP contribution < -0.4 is 0 Å². The predicted octanol–water partition coefficient (Wildman–Crippen LogP) is 3.00. The van der Waals surface area contributed by atoms with Crippen LogP contribution in [0.25, 0.3) is 0 Å². The Morgan fingerprint density at radius 2 is 1.75 bits per heavy atom. The summed E-state index contributed by atoms with van der Waals surface area (Å²) in [5.74, 6) is -1.93. The van der Waals surface area contributed by atoms with Crippen LogP contribution in [-0.2, 0) is 16.0 Å². The molecule has 0 saturated carbocycles. The summed E-state index contributed by atoms with van der Waals surface area (Å²) in [6, 6.07) is 7.63. The van der Waals surface area contributed by atoms with E-state index in [-0.39, 0.29) is 25.5 Å². The summed E-state index contributed by atoms with van der Waals surface area (Å²) in [5.41, 5.74) is 1.02. The molecule has 0 N–H and O–H groups in total. The lowest BCUT2D eigenvalue weighted by Gasteiger charge is -2.23. The lowest BCUT2D eigenvalue weighted by molar-refractivity contribution is -0.185. The minimum Gasteiger partial charge on any atom is -0.341 e. The van der Waals surface area contributed by atoms with E-state index in [4.69, 9.17) is 0 Å². The van der Waals surface area contributed by atoms with E-state index >= 15 is 0 Å². The van der Waals surface area contributed by atoms with E-state index in [9.17, 15) is 22.8 Å². The monoisotopic (exact) mass is 406 g/mol. The molecule has 0 spiro atoms. The summed E-state index contributed by atoms with van der Waals surface area (Å²) < 4.78 is 38.4. The van der Waals surface area contributed by atoms with Crippen LogP contribution in [0.1, 0.15) is 18.4 Å². The maximum absolute atomic E-state index is 12.5. The first-order chi connectivity index (χ1) is 11.3. The van der Waals surface area contributed by atoms with Gasteiger partial charge < -0.3 is 9.80 Å². The van der Waals surface area contributed by atoms with Gasteiger partial charge in [-0.05, 0) is 30.5 Å². The van der Waals surface area contributed by atoms with E-state index in [0.717, 1.165) is 14.9 Å². The Morgan fingerprint density at radius 1 is 1.08 bits per heavy atom. The van der Waals surface area contributed by atoms with Gasteiger partial charge in [0, 0.05) is 37.1 Å². The second-order valence-corrected chi connectivity index (χ2v) is 6.57. The highest BCUT2D eigenvalue weighted by Gasteiger charge is 2.42. The summed E-state index contributed by atoms with van der Waals surface area (Å²) in [7, 11) is 0. The first kappa shape index (κ1) is 18.8. The van der Waals surface area contributed by atoms with Crippen LogP contribution in [0, 0.1) is 0 Å². The third-order valence-corrected chi connectivity index (χ3v) is 4.39. The van der Waals surface area contributed by atoms with Crippen LogP contribution in [0.15, 0.2) is 28.7 Å². The van der Waals surface area contributed by atoms with Crippen molar-refractivity contribution in [1.29, 1.82) is 0 Å². The first-order valence-corrected chi connectivity index (χ1v) is 8.45. The Bertz CT molecular complexity index is 607. The summed E-state index contributed by atoms with van der Waals surface area (Å²) in [5, 5.41) is 0. The van der Waals surface area contributed by atoms with Crippen molar-refractivity contribution in [2.75, 3.05) is 26.2 Å². The van der Waals surface area contributed by atoms with Crippen molar-refractivity contribution in [3.8, 4) is 0 Å². The number of halogens is 4. The van der Waals surface area contributed by atoms with Crippen molar-refractivity contribution < 1.29 is 22.8 Å². The second-order valence-electron chi connectivity index (χ2n) is 5.65. The average Bonchev–Trinajstić information content (AvgIpc) is 2.77. The van der Waals surface area contributed by atoms with Crippen LogP contribution in [0.3, 0.4) is 0 Å². The van der Waals surface area contributed by atoms with Crippen molar-refractivity contribution in [2.24, 2.45) is 0 Å². The predicted molar refractivity (Wildman–Crippen MR) is 86.3 cm³/mol. The van der Waals surface area contributed by atoms with Crippen LogP contribution in [0.4, 0.5) is 13.2 Å². The van der Waals surface area contributed by atoms with Gasteiger partial charge in [-0.25, -0.2) is 0 Å². The molecule has 4 nitrogen and oxygen atoms in total. The smallest absolute Gasteiger partial charge is 0.341 e. The van der Waals surface area contributed by atoms with Gasteiger partial charge in [0.15, 0.2) is 0 Å². The first-order valence-electron chi connectivity index (χ1n) is 7.65. The highest BCUT2D eigenvalue weighted by atomic mass is 79.9. The van der Waals surface area contributed by atoms with Gasteiger partial charge >= 0.3 is 12.1 Å². The Kier molecular flexibility index (Phi) is 6.26. The fourth-order valence-electron chi connectivity index (χ4n) is 2.65. The number of hydrogen-bond acceptors (Lipinski definition) is 2. The lowest BCUT2D eigenvalue weighted by Crippen LogP contribution is -2.43. The van der Waals surface area contributed by atoms with E-state index in [1.807, 2.05) is 24.3 Å². The minimum absolute atomic E-state index is 0.0216. The highest BCUT2D eigenvalue weighted by molar-refractivity contribution is 9.10. The van der Waals surface area contributed by atoms with Crippen molar-refractivity contribution in [2.45, 2.75) is 25.4 Å². The molecule has 1 aromatic rings. The number of alkyl halides is 3. The molecule has 1 heterocycles. The van der Waals surface area contributed by atoms with Gasteiger partial charge in [-0.3, -0.25) is 9.59 Å². The molecule has 132 valence electrons. The fourth-order valence-corrected chi connectivity index (χ4v) is 3.10. The van der Waals surface area contributed by atoms with Crippen molar-refractivity contribution in [3.05, 3.63) is 34.3 Å². The van der Waals surface area contributed by atoms with E-state index in [0.29, 0.717) is 25.8 Å². The Balaban J connectivity index is 1.86. The molecule has 0 aliphatic carbocycles. The van der Waals surface area contributed by atoms with Gasteiger partial charge in [0.05, 0.1) is 0 Å². The molecule has 24 heavy (non-hydrogen) atoms. The van der Waals surface area contributed by atoms with Crippen molar-refractivity contribution >= 4 is 27.7 Å². The molecule has 2 rings (SSSR count). The van der Waals surface area contributed by atoms with Crippen LogP contribution in [-0.4, -0.2) is 54.0 Å². The topological polar surface area (TPSA) is 40.6 Å². The molecular weight excluding hydrogens is 389 g/mol. The molecule has 0 atom stereocenters. The maximum Gasteiger partial charge on any atom is 0.471 e. The summed E-state index contributed by atoms with van der Waals surface area (Å²) in [6.45, 7) is 0.451. The number of rotatable bonds is 3. The average molecular weight is 407 g/mol. The normalized spacial score (nSPS) is 16.0. The number of hydrogen-bond donors (Lipinski definition) is 0. The number of aryl methyl sites for hydroxylation is 1. The van der Waals surface area contributed by atoms with E-state index in [1.165, 1.54) is 0 Å². The summed E-state index contributed by atoms with van der Waals surface area (Å²) in [6.07, 6.45) is -3.64. The summed E-state index contributed by atoms with van der Waals surface area (Å²) in [4.78, 5) is 25.9. The molecule has 0 unspecified atom stereocenters. The van der Waals surface area contributed by atoms with E-state index in [1.54, 1.807) is 4.90 Å². The molecule has 1 fully saturated rings. The minimum atomic E-state index is -4.86. The number of amides is 2. The molecule has 1 aliphatic rings. The van der Waals surface area contributed by atoms with Crippen LogP contribution in [0.5, 0.6) is 0 Å². The highest BCUT2D eigenvalue weighted by Crippen LogP contribution is 2.20. The van der Waals surface area contributed by atoms with Gasteiger partial charge in [0.25, 0.3) is 0 Å². The Morgan fingerprint density at radius 3 is 2.42 bits per heavy atom. The van der Waals surface area contributed by atoms with E-state index in [2.05, 4.69) is 15.9 Å². The van der Waals surface area contributed by atoms with Crippen LogP contribution >= 0.6 is 15.9 Å². The molecule has 0 radical (unpaired) electrons. The lowest BCUT2D eigenvalue weighted by atomic mass is 10.1. The Labute approximate surface area is 146 Å². The van der Waals surface area contributed by atoms with Gasteiger partial charge in [-0.2, -0.15) is 13.2 Å². The SMILES string of the molecule is O=C(CCc1cccc(Br)c1)N1CCCN(C(=O)C(F)(F)F)CC1. The molecule has 1 aromatic carbocycles. The molecular formula is C16H18BrF3N2O2. The van der Waals surface area contributed by atoms with Crippen molar-refractivity contribution in [1.82, 2.24) is 9.80 Å².